The highest BCUT2D eigenvalue weighted by Gasteiger charge is 2.25. The number of aryl methyl sites for hydroxylation is 1. The maximum Gasteiger partial charge on any atom is 0.252 e. The van der Waals surface area contributed by atoms with Gasteiger partial charge in [-0.25, -0.2) is 8.42 Å². The van der Waals surface area contributed by atoms with E-state index >= 15 is 0 Å². The molecule has 1 aromatic heterocycles. The van der Waals surface area contributed by atoms with E-state index in [-0.39, 0.29) is 0 Å². The summed E-state index contributed by atoms with van der Waals surface area (Å²) in [6, 6.07) is 10.9. The minimum absolute atomic E-state index is 0.305. The third kappa shape index (κ3) is 3.64. The molecule has 2 rings (SSSR count). The Morgan fingerprint density at radius 3 is 2.48 bits per heavy atom. The topological polar surface area (TPSA) is 63.4 Å². The smallest absolute Gasteiger partial charge is 0.252 e. The van der Waals surface area contributed by atoms with Crippen LogP contribution in [0.1, 0.15) is 23.8 Å². The van der Waals surface area contributed by atoms with Crippen molar-refractivity contribution in [1.82, 2.24) is 4.31 Å². The van der Waals surface area contributed by atoms with Gasteiger partial charge in [0.05, 0.1) is 0 Å². The van der Waals surface area contributed by atoms with Crippen LogP contribution in [0.2, 0.25) is 0 Å². The Bertz CT molecular complexity index is 708. The van der Waals surface area contributed by atoms with Crippen molar-refractivity contribution in [1.29, 1.82) is 0 Å². The first kappa shape index (κ1) is 16.0. The first-order valence-electron chi connectivity index (χ1n) is 6.85. The Morgan fingerprint density at radius 1 is 1.19 bits per heavy atom. The molecule has 0 aliphatic heterocycles. The third-order valence-electron chi connectivity index (χ3n) is 3.18. The molecule has 0 saturated heterocycles. The second-order valence-corrected chi connectivity index (χ2v) is 8.36. The quantitative estimate of drug-likeness (QED) is 0.830. The lowest BCUT2D eigenvalue weighted by Crippen LogP contribution is -2.31. The van der Waals surface area contributed by atoms with Crippen LogP contribution in [0.3, 0.4) is 0 Å². The fraction of sp³-hybridized carbons (Fsp3) is 0.333. The normalized spacial score (nSPS) is 12.0. The van der Waals surface area contributed by atoms with Crippen molar-refractivity contribution in [2.75, 3.05) is 12.3 Å². The molecule has 21 heavy (non-hydrogen) atoms. The number of anilines is 1. The standard InChI is InChI=1S/C15H20N2O2S2/c1-3-10-17(11-13-6-4-5-7-14(13)16)21(18,19)15-9-8-12(2)20-15/h4-9H,3,10-11,16H2,1-2H3. The van der Waals surface area contributed by atoms with Gasteiger partial charge in [-0.3, -0.25) is 0 Å². The molecule has 0 aliphatic carbocycles. The first-order chi connectivity index (χ1) is 9.95. The van der Waals surface area contributed by atoms with E-state index in [0.29, 0.717) is 23.0 Å². The van der Waals surface area contributed by atoms with Gasteiger partial charge in [0, 0.05) is 23.7 Å². The molecular formula is C15H20N2O2S2. The SMILES string of the molecule is CCCN(Cc1ccccc1N)S(=O)(=O)c1ccc(C)s1. The summed E-state index contributed by atoms with van der Waals surface area (Å²) >= 11 is 1.30. The molecule has 0 spiro atoms. The molecule has 4 nitrogen and oxygen atoms in total. The summed E-state index contributed by atoms with van der Waals surface area (Å²) in [5.41, 5.74) is 7.39. The van der Waals surface area contributed by atoms with Crippen LogP contribution in [0.25, 0.3) is 0 Å². The van der Waals surface area contributed by atoms with Gasteiger partial charge in [-0.2, -0.15) is 4.31 Å². The van der Waals surface area contributed by atoms with E-state index in [2.05, 4.69) is 0 Å². The Balaban J connectivity index is 2.33. The second-order valence-electron chi connectivity index (χ2n) is 4.90. The van der Waals surface area contributed by atoms with Crippen molar-refractivity contribution in [2.24, 2.45) is 0 Å². The van der Waals surface area contributed by atoms with Crippen molar-refractivity contribution in [3.05, 3.63) is 46.8 Å². The maximum absolute atomic E-state index is 12.7. The average Bonchev–Trinajstić information content (AvgIpc) is 2.88. The van der Waals surface area contributed by atoms with Crippen LogP contribution in [0.15, 0.2) is 40.6 Å². The lowest BCUT2D eigenvalue weighted by molar-refractivity contribution is 0.407. The van der Waals surface area contributed by atoms with Gasteiger partial charge in [0.25, 0.3) is 10.0 Å². The highest BCUT2D eigenvalue weighted by Crippen LogP contribution is 2.26. The number of nitrogens with two attached hydrogens (primary N) is 1. The summed E-state index contributed by atoms with van der Waals surface area (Å²) in [6.45, 7) is 4.66. The van der Waals surface area contributed by atoms with Crippen LogP contribution in [-0.2, 0) is 16.6 Å². The number of rotatable bonds is 6. The Labute approximate surface area is 130 Å². The number of thiophene rings is 1. The molecule has 0 amide bonds. The maximum atomic E-state index is 12.7. The predicted molar refractivity (Wildman–Crippen MR) is 87.8 cm³/mol. The van der Waals surface area contributed by atoms with Crippen LogP contribution < -0.4 is 5.73 Å². The van der Waals surface area contributed by atoms with Crippen LogP contribution in [-0.4, -0.2) is 19.3 Å². The van der Waals surface area contributed by atoms with E-state index in [4.69, 9.17) is 5.73 Å². The fourth-order valence-electron chi connectivity index (χ4n) is 2.08. The zero-order valence-corrected chi connectivity index (χ0v) is 13.9. The average molecular weight is 324 g/mol. The number of hydrogen-bond donors (Lipinski definition) is 1. The van der Waals surface area contributed by atoms with Gasteiger partial charge in [0.2, 0.25) is 0 Å². The highest BCUT2D eigenvalue weighted by molar-refractivity contribution is 7.91. The van der Waals surface area contributed by atoms with Gasteiger partial charge in [-0.1, -0.05) is 25.1 Å². The summed E-state index contributed by atoms with van der Waals surface area (Å²) < 4.78 is 27.4. The van der Waals surface area contributed by atoms with Crippen LogP contribution >= 0.6 is 11.3 Å². The van der Waals surface area contributed by atoms with Crippen molar-refractivity contribution in [2.45, 2.75) is 31.0 Å². The Hall–Kier alpha value is -1.37. The van der Waals surface area contributed by atoms with Gasteiger partial charge in [0.15, 0.2) is 0 Å². The molecule has 0 radical (unpaired) electrons. The molecule has 114 valence electrons. The van der Waals surface area contributed by atoms with Crippen LogP contribution in [0, 0.1) is 6.92 Å². The third-order valence-corrected chi connectivity index (χ3v) is 6.50. The van der Waals surface area contributed by atoms with Crippen LogP contribution in [0.5, 0.6) is 0 Å². The number of nitrogen functional groups attached to an aromatic ring is 1. The highest BCUT2D eigenvalue weighted by atomic mass is 32.2. The molecule has 2 aromatic rings. The number of para-hydroxylation sites is 1. The number of benzene rings is 1. The van der Waals surface area contributed by atoms with E-state index in [1.54, 1.807) is 12.1 Å². The molecule has 0 aliphatic rings. The zero-order valence-electron chi connectivity index (χ0n) is 12.2. The summed E-state index contributed by atoms with van der Waals surface area (Å²) in [6.07, 6.45) is 0.760. The summed E-state index contributed by atoms with van der Waals surface area (Å²) in [7, 11) is -3.46. The molecule has 2 N–H and O–H groups in total. The van der Waals surface area contributed by atoms with Gasteiger partial charge in [0.1, 0.15) is 4.21 Å². The van der Waals surface area contributed by atoms with Crippen molar-refractivity contribution in [3.8, 4) is 0 Å². The number of hydrogen-bond acceptors (Lipinski definition) is 4. The van der Waals surface area contributed by atoms with Gasteiger partial charge in [-0.05, 0) is 37.1 Å². The summed E-state index contributed by atoms with van der Waals surface area (Å²) in [4.78, 5) is 0.990. The van der Waals surface area contributed by atoms with E-state index in [1.807, 2.05) is 38.1 Å². The van der Waals surface area contributed by atoms with Gasteiger partial charge in [-0.15, -0.1) is 11.3 Å². The molecule has 1 heterocycles. The minimum atomic E-state index is -3.46. The largest absolute Gasteiger partial charge is 0.398 e. The Kier molecular flexibility index (Phi) is 5.03. The molecular weight excluding hydrogens is 304 g/mol. The van der Waals surface area contributed by atoms with Crippen LogP contribution in [0.4, 0.5) is 5.69 Å². The lowest BCUT2D eigenvalue weighted by Gasteiger charge is -2.21. The van der Waals surface area contributed by atoms with Gasteiger partial charge >= 0.3 is 0 Å². The molecule has 0 fully saturated rings. The minimum Gasteiger partial charge on any atom is -0.398 e. The molecule has 0 unspecified atom stereocenters. The Morgan fingerprint density at radius 2 is 1.90 bits per heavy atom. The van der Waals surface area contributed by atoms with E-state index in [0.717, 1.165) is 16.9 Å². The fourth-order valence-corrected chi connectivity index (χ4v) is 5.03. The summed E-state index contributed by atoms with van der Waals surface area (Å²) in [5.74, 6) is 0. The second kappa shape index (κ2) is 6.60. The first-order valence-corrected chi connectivity index (χ1v) is 9.10. The monoisotopic (exact) mass is 324 g/mol. The molecule has 0 atom stereocenters. The molecule has 1 aromatic carbocycles. The van der Waals surface area contributed by atoms with Gasteiger partial charge < -0.3 is 5.73 Å². The number of nitrogens with zero attached hydrogens (tertiary/aromatic N) is 1. The van der Waals surface area contributed by atoms with E-state index in [1.165, 1.54) is 15.6 Å². The zero-order chi connectivity index (χ0) is 15.5. The molecule has 6 heteroatoms. The van der Waals surface area contributed by atoms with Crippen molar-refractivity contribution in [3.63, 3.8) is 0 Å². The number of sulfonamides is 1. The lowest BCUT2D eigenvalue weighted by atomic mass is 10.2. The van der Waals surface area contributed by atoms with Crippen molar-refractivity contribution < 1.29 is 8.42 Å². The van der Waals surface area contributed by atoms with E-state index < -0.39 is 10.0 Å². The predicted octanol–water partition coefficient (Wildman–Crippen LogP) is 3.24. The molecule has 0 saturated carbocycles. The molecule has 0 bridgehead atoms. The van der Waals surface area contributed by atoms with E-state index in [9.17, 15) is 8.42 Å². The summed E-state index contributed by atoms with van der Waals surface area (Å²) in [5, 5.41) is 0. The van der Waals surface area contributed by atoms with Crippen molar-refractivity contribution >= 4 is 27.0 Å².